The molecule has 0 heterocycles. The van der Waals surface area contributed by atoms with Gasteiger partial charge in [-0.15, -0.1) is 0 Å². The first-order chi connectivity index (χ1) is 14.5. The van der Waals surface area contributed by atoms with Crippen molar-refractivity contribution >= 4 is 46.8 Å². The Hall–Kier alpha value is -3.59. The number of nitrogens with one attached hydrogen (secondary N) is 1. The Morgan fingerprint density at radius 2 is 1.67 bits per heavy atom. The number of rotatable bonds is 5. The molecule has 0 bridgehead atoms. The second-order valence-corrected chi connectivity index (χ2v) is 6.92. The number of amides is 1. The Bertz CT molecular complexity index is 1150. The molecule has 0 aliphatic rings. The van der Waals surface area contributed by atoms with Crippen molar-refractivity contribution in [3.05, 3.63) is 99.5 Å². The molecule has 5 nitrogen and oxygen atoms in total. The molecule has 0 aliphatic heterocycles. The number of esters is 1. The lowest BCUT2D eigenvalue weighted by Gasteiger charge is -2.07. The second-order valence-electron chi connectivity index (χ2n) is 6.07. The maximum absolute atomic E-state index is 12.4. The summed E-state index contributed by atoms with van der Waals surface area (Å²) in [7, 11) is 0. The summed E-state index contributed by atoms with van der Waals surface area (Å²) in [4.78, 5) is 24.5. The number of nitrogens with zero attached hydrogens (tertiary/aromatic N) is 1. The van der Waals surface area contributed by atoms with E-state index in [9.17, 15) is 14.9 Å². The maximum atomic E-state index is 12.4. The molecule has 1 amide bonds. The third kappa shape index (κ3) is 5.48. The number of carbonyl (C=O) groups excluding carboxylic acids is 2. The molecule has 3 aromatic rings. The van der Waals surface area contributed by atoms with E-state index >= 15 is 0 Å². The van der Waals surface area contributed by atoms with Gasteiger partial charge in [0, 0.05) is 5.02 Å². The van der Waals surface area contributed by atoms with Crippen LogP contribution in [-0.2, 0) is 4.79 Å². The minimum atomic E-state index is -0.624. The highest BCUT2D eigenvalue weighted by atomic mass is 35.5. The Labute approximate surface area is 183 Å². The SMILES string of the molecule is N#C/C(=C\c1ccc(OC(=O)c2ccccc2)cc1)C(=O)Nc1cc(Cl)ccc1Cl. The number of anilines is 1. The van der Waals surface area contributed by atoms with Gasteiger partial charge in [0.2, 0.25) is 0 Å². The number of benzene rings is 3. The number of carbonyl (C=O) groups is 2. The van der Waals surface area contributed by atoms with Crippen molar-refractivity contribution in [1.82, 2.24) is 0 Å². The van der Waals surface area contributed by atoms with Crippen LogP contribution >= 0.6 is 23.2 Å². The summed E-state index contributed by atoms with van der Waals surface area (Å²) in [5.74, 6) is -0.759. The molecule has 0 radical (unpaired) electrons. The largest absolute Gasteiger partial charge is 0.423 e. The van der Waals surface area contributed by atoms with Crippen LogP contribution in [0.1, 0.15) is 15.9 Å². The highest BCUT2D eigenvalue weighted by molar-refractivity contribution is 6.36. The summed E-state index contributed by atoms with van der Waals surface area (Å²) < 4.78 is 5.31. The highest BCUT2D eigenvalue weighted by Crippen LogP contribution is 2.26. The van der Waals surface area contributed by atoms with Crippen LogP contribution in [0, 0.1) is 11.3 Å². The standard InChI is InChI=1S/C23H14Cl2N2O3/c24-18-8-11-20(25)21(13-18)27-22(28)17(14-26)12-15-6-9-19(10-7-15)30-23(29)16-4-2-1-3-5-16/h1-13H,(H,27,28)/b17-12+. The summed E-state index contributed by atoms with van der Waals surface area (Å²) in [5, 5.41) is 12.6. The summed E-state index contributed by atoms with van der Waals surface area (Å²) in [6, 6.07) is 21.5. The van der Waals surface area contributed by atoms with Gasteiger partial charge < -0.3 is 10.1 Å². The van der Waals surface area contributed by atoms with Crippen molar-refractivity contribution in [3.63, 3.8) is 0 Å². The maximum Gasteiger partial charge on any atom is 0.343 e. The van der Waals surface area contributed by atoms with E-state index in [1.807, 2.05) is 6.07 Å². The molecule has 7 heteroatoms. The Kier molecular flexibility index (Phi) is 6.87. The van der Waals surface area contributed by atoms with Crippen molar-refractivity contribution in [1.29, 1.82) is 5.26 Å². The first-order valence-corrected chi connectivity index (χ1v) is 9.47. The highest BCUT2D eigenvalue weighted by Gasteiger charge is 2.12. The van der Waals surface area contributed by atoms with Gasteiger partial charge in [0.15, 0.2) is 0 Å². The smallest absolute Gasteiger partial charge is 0.343 e. The van der Waals surface area contributed by atoms with Crippen molar-refractivity contribution < 1.29 is 14.3 Å². The van der Waals surface area contributed by atoms with Gasteiger partial charge in [-0.05, 0) is 54.1 Å². The van der Waals surface area contributed by atoms with E-state index in [-0.39, 0.29) is 5.57 Å². The first kappa shape index (κ1) is 21.1. The minimum Gasteiger partial charge on any atom is -0.423 e. The second kappa shape index (κ2) is 9.75. The van der Waals surface area contributed by atoms with Gasteiger partial charge in [-0.2, -0.15) is 5.26 Å². The Morgan fingerprint density at radius 1 is 0.967 bits per heavy atom. The zero-order valence-electron chi connectivity index (χ0n) is 15.4. The molecule has 3 rings (SSSR count). The fraction of sp³-hybridized carbons (Fsp3) is 0. The van der Waals surface area contributed by atoms with Crippen LogP contribution in [0.2, 0.25) is 10.0 Å². The molecule has 148 valence electrons. The predicted molar refractivity (Wildman–Crippen MR) is 117 cm³/mol. The van der Waals surface area contributed by atoms with Crippen molar-refractivity contribution in [2.75, 3.05) is 5.32 Å². The average molecular weight is 437 g/mol. The Morgan fingerprint density at radius 3 is 2.33 bits per heavy atom. The fourth-order valence-corrected chi connectivity index (χ4v) is 2.81. The molecule has 0 saturated heterocycles. The van der Waals surface area contributed by atoms with Crippen molar-refractivity contribution in [2.45, 2.75) is 0 Å². The van der Waals surface area contributed by atoms with Gasteiger partial charge in [0.25, 0.3) is 5.91 Å². The zero-order valence-corrected chi connectivity index (χ0v) is 16.9. The van der Waals surface area contributed by atoms with Crippen molar-refractivity contribution in [3.8, 4) is 11.8 Å². The molecule has 0 unspecified atom stereocenters. The van der Waals surface area contributed by atoms with E-state index < -0.39 is 11.9 Å². The van der Waals surface area contributed by atoms with Gasteiger partial charge in [0.05, 0.1) is 16.3 Å². The number of ether oxygens (including phenoxy) is 1. The summed E-state index contributed by atoms with van der Waals surface area (Å²) in [6.45, 7) is 0. The van der Waals surface area contributed by atoms with Crippen LogP contribution in [0.25, 0.3) is 6.08 Å². The van der Waals surface area contributed by atoms with E-state index in [0.29, 0.717) is 32.6 Å². The molecule has 0 aromatic heterocycles. The monoisotopic (exact) mass is 436 g/mol. The van der Waals surface area contributed by atoms with Gasteiger partial charge in [-0.1, -0.05) is 53.5 Å². The van der Waals surface area contributed by atoms with E-state index in [1.54, 1.807) is 66.7 Å². The minimum absolute atomic E-state index is 0.125. The van der Waals surface area contributed by atoms with Crippen LogP contribution in [0.5, 0.6) is 5.75 Å². The molecule has 1 N–H and O–H groups in total. The van der Waals surface area contributed by atoms with Crippen LogP contribution in [0.15, 0.2) is 78.4 Å². The lowest BCUT2D eigenvalue weighted by atomic mass is 10.1. The fourth-order valence-electron chi connectivity index (χ4n) is 2.47. The number of nitriles is 1. The van der Waals surface area contributed by atoms with Crippen LogP contribution in [0.3, 0.4) is 0 Å². The van der Waals surface area contributed by atoms with E-state index in [2.05, 4.69) is 5.32 Å². The van der Waals surface area contributed by atoms with E-state index in [1.165, 1.54) is 12.1 Å². The van der Waals surface area contributed by atoms with Gasteiger partial charge in [-0.25, -0.2) is 4.79 Å². The molecule has 0 atom stereocenters. The topological polar surface area (TPSA) is 79.2 Å². The molecule has 0 saturated carbocycles. The molecule has 3 aromatic carbocycles. The average Bonchev–Trinajstić information content (AvgIpc) is 2.76. The molecule has 0 aliphatic carbocycles. The third-order valence-electron chi connectivity index (χ3n) is 3.95. The molecular formula is C23H14Cl2N2O3. The lowest BCUT2D eigenvalue weighted by Crippen LogP contribution is -2.13. The van der Waals surface area contributed by atoms with E-state index in [4.69, 9.17) is 27.9 Å². The molecule has 0 fully saturated rings. The first-order valence-electron chi connectivity index (χ1n) is 8.72. The summed E-state index contributed by atoms with van der Waals surface area (Å²) in [5.41, 5.74) is 1.20. The summed E-state index contributed by atoms with van der Waals surface area (Å²) >= 11 is 11.9. The van der Waals surface area contributed by atoms with Gasteiger partial charge >= 0.3 is 5.97 Å². The van der Waals surface area contributed by atoms with Crippen molar-refractivity contribution in [2.24, 2.45) is 0 Å². The number of hydrogen-bond donors (Lipinski definition) is 1. The van der Waals surface area contributed by atoms with Gasteiger partial charge in [0.1, 0.15) is 17.4 Å². The van der Waals surface area contributed by atoms with E-state index in [0.717, 1.165) is 0 Å². The molecule has 30 heavy (non-hydrogen) atoms. The Balaban J connectivity index is 1.71. The molecular weight excluding hydrogens is 423 g/mol. The lowest BCUT2D eigenvalue weighted by molar-refractivity contribution is -0.112. The van der Waals surface area contributed by atoms with Crippen LogP contribution in [0.4, 0.5) is 5.69 Å². The third-order valence-corrected chi connectivity index (χ3v) is 4.52. The normalized spacial score (nSPS) is 10.8. The summed E-state index contributed by atoms with van der Waals surface area (Å²) in [6.07, 6.45) is 1.41. The molecule has 0 spiro atoms. The predicted octanol–water partition coefficient (Wildman–Crippen LogP) is 5.76. The van der Waals surface area contributed by atoms with Crippen LogP contribution in [-0.4, -0.2) is 11.9 Å². The van der Waals surface area contributed by atoms with Gasteiger partial charge in [-0.3, -0.25) is 4.79 Å². The van der Waals surface area contributed by atoms with Crippen LogP contribution < -0.4 is 10.1 Å². The zero-order chi connectivity index (χ0) is 21.5. The number of halogens is 2. The number of hydrogen-bond acceptors (Lipinski definition) is 4. The quantitative estimate of drug-likeness (QED) is 0.238.